The summed E-state index contributed by atoms with van der Waals surface area (Å²) in [7, 11) is 0. The summed E-state index contributed by atoms with van der Waals surface area (Å²) < 4.78 is 0. The van der Waals surface area contributed by atoms with Crippen LogP contribution in [0.4, 0.5) is 11.4 Å². The molecule has 104 valence electrons. The molecule has 1 aromatic carbocycles. The van der Waals surface area contributed by atoms with Gasteiger partial charge in [0.2, 0.25) is 5.91 Å². The lowest BCUT2D eigenvalue weighted by Gasteiger charge is -2.16. The van der Waals surface area contributed by atoms with Gasteiger partial charge in [0.25, 0.3) is 5.69 Å². The summed E-state index contributed by atoms with van der Waals surface area (Å²) >= 11 is 0. The summed E-state index contributed by atoms with van der Waals surface area (Å²) in [5.41, 5.74) is 8.07. The van der Waals surface area contributed by atoms with Gasteiger partial charge in [-0.3, -0.25) is 14.9 Å². The Balaban J connectivity index is 2.30. The van der Waals surface area contributed by atoms with Crippen LogP contribution >= 0.6 is 0 Å². The quantitative estimate of drug-likeness (QED) is 0.296. The van der Waals surface area contributed by atoms with E-state index in [4.69, 9.17) is 5.53 Å². The number of hydrogen-bond acceptors (Lipinski definition) is 5. The highest BCUT2D eigenvalue weighted by atomic mass is 16.6. The van der Waals surface area contributed by atoms with E-state index in [0.717, 1.165) is 6.07 Å². The molecule has 1 aromatic rings. The number of nitro benzene ring substituents is 1. The molecule has 1 unspecified atom stereocenters. The lowest BCUT2D eigenvalue weighted by molar-refractivity contribution is -0.384. The van der Waals surface area contributed by atoms with Crippen LogP contribution in [0.3, 0.4) is 0 Å². The topological polar surface area (TPSA) is 132 Å². The van der Waals surface area contributed by atoms with Crippen molar-refractivity contribution in [3.05, 3.63) is 38.8 Å². The molecule has 20 heavy (non-hydrogen) atoms. The molecule has 0 saturated carbocycles. The van der Waals surface area contributed by atoms with Crippen LogP contribution < -0.4 is 4.90 Å². The van der Waals surface area contributed by atoms with Gasteiger partial charge in [-0.15, -0.1) is 0 Å². The Hall–Kier alpha value is -2.80. The van der Waals surface area contributed by atoms with E-state index in [0.29, 0.717) is 0 Å². The monoisotopic (exact) mass is 277 g/mol. The fraction of sp³-hybridized carbons (Fsp3) is 0.364. The first-order valence-electron chi connectivity index (χ1n) is 5.81. The molecule has 1 fully saturated rings. The second-order valence-corrected chi connectivity index (χ2v) is 4.42. The van der Waals surface area contributed by atoms with Gasteiger partial charge < -0.3 is 10.0 Å². The van der Waals surface area contributed by atoms with E-state index in [2.05, 4.69) is 10.0 Å². The molecule has 1 N–H and O–H groups in total. The maximum Gasteiger partial charge on any atom is 0.296 e. The van der Waals surface area contributed by atoms with Gasteiger partial charge in [-0.25, -0.2) is 0 Å². The first-order valence-corrected chi connectivity index (χ1v) is 5.81. The Bertz CT molecular complexity index is 611. The second kappa shape index (κ2) is 5.45. The summed E-state index contributed by atoms with van der Waals surface area (Å²) in [6.45, 7) is 0.425. The molecule has 1 amide bonds. The Morgan fingerprint density at radius 1 is 1.60 bits per heavy atom. The van der Waals surface area contributed by atoms with E-state index in [1.165, 1.54) is 17.0 Å². The minimum Gasteiger partial charge on any atom is -0.508 e. The maximum absolute atomic E-state index is 11.9. The average molecular weight is 277 g/mol. The van der Waals surface area contributed by atoms with Crippen LogP contribution in [-0.2, 0) is 4.79 Å². The number of hydrogen-bond donors (Lipinski definition) is 1. The molecule has 9 heteroatoms. The molecule has 1 atom stereocenters. The zero-order valence-electron chi connectivity index (χ0n) is 10.3. The fourth-order valence-electron chi connectivity index (χ4n) is 2.17. The maximum atomic E-state index is 11.9. The number of phenols is 1. The number of carbonyl (C=O) groups excluding carboxylic acids is 1. The van der Waals surface area contributed by atoms with Crippen molar-refractivity contribution in [2.75, 3.05) is 18.0 Å². The van der Waals surface area contributed by atoms with Crippen molar-refractivity contribution in [3.63, 3.8) is 0 Å². The second-order valence-electron chi connectivity index (χ2n) is 4.42. The van der Waals surface area contributed by atoms with Crippen molar-refractivity contribution in [1.29, 1.82) is 0 Å². The number of azide groups is 1. The fourth-order valence-corrected chi connectivity index (χ4v) is 2.17. The van der Waals surface area contributed by atoms with Gasteiger partial charge in [0.15, 0.2) is 0 Å². The van der Waals surface area contributed by atoms with Crippen LogP contribution in [0, 0.1) is 16.0 Å². The lowest BCUT2D eigenvalue weighted by atomic mass is 10.1. The molecule has 1 aliphatic heterocycles. The molecule has 0 bridgehead atoms. The number of phenolic OH excluding ortho intramolecular Hbond substituents is 1. The summed E-state index contributed by atoms with van der Waals surface area (Å²) in [4.78, 5) is 26.2. The smallest absolute Gasteiger partial charge is 0.296 e. The van der Waals surface area contributed by atoms with Crippen LogP contribution in [0.5, 0.6) is 5.75 Å². The van der Waals surface area contributed by atoms with E-state index >= 15 is 0 Å². The highest BCUT2D eigenvalue weighted by molar-refractivity contribution is 5.98. The van der Waals surface area contributed by atoms with Crippen molar-refractivity contribution in [3.8, 4) is 5.75 Å². The van der Waals surface area contributed by atoms with Crippen molar-refractivity contribution >= 4 is 17.3 Å². The third-order valence-electron chi connectivity index (χ3n) is 3.05. The van der Waals surface area contributed by atoms with Crippen LogP contribution in [-0.4, -0.2) is 29.0 Å². The molecule has 1 saturated heterocycles. The lowest BCUT2D eigenvalue weighted by Crippen LogP contribution is -2.25. The van der Waals surface area contributed by atoms with Gasteiger partial charge in [0.1, 0.15) is 11.4 Å². The zero-order chi connectivity index (χ0) is 14.7. The highest BCUT2D eigenvalue weighted by Crippen LogP contribution is 2.35. The molecule has 1 aliphatic rings. The van der Waals surface area contributed by atoms with E-state index < -0.39 is 4.92 Å². The summed E-state index contributed by atoms with van der Waals surface area (Å²) in [5.74, 6) is -0.665. The molecule has 0 aliphatic carbocycles. The van der Waals surface area contributed by atoms with Gasteiger partial charge in [0, 0.05) is 24.4 Å². The van der Waals surface area contributed by atoms with Gasteiger partial charge in [-0.05, 0) is 23.6 Å². The summed E-state index contributed by atoms with van der Waals surface area (Å²) in [6.07, 6.45) is 0.178. The molecular formula is C11H11N5O4. The zero-order valence-corrected chi connectivity index (χ0v) is 10.3. The first kappa shape index (κ1) is 13.6. The van der Waals surface area contributed by atoms with Crippen molar-refractivity contribution < 1.29 is 14.8 Å². The highest BCUT2D eigenvalue weighted by Gasteiger charge is 2.33. The molecule has 1 heterocycles. The molecule has 9 nitrogen and oxygen atoms in total. The Kier molecular flexibility index (Phi) is 3.72. The third-order valence-corrected chi connectivity index (χ3v) is 3.05. The van der Waals surface area contributed by atoms with Gasteiger partial charge >= 0.3 is 0 Å². The van der Waals surface area contributed by atoms with Gasteiger partial charge in [-0.1, -0.05) is 5.11 Å². The molecule has 0 spiro atoms. The molecular weight excluding hydrogens is 266 g/mol. The number of nitrogens with zero attached hydrogens (tertiary/aromatic N) is 5. The summed E-state index contributed by atoms with van der Waals surface area (Å²) in [5, 5.41) is 23.7. The first-order chi connectivity index (χ1) is 9.52. The number of aromatic hydroxyl groups is 1. The number of carbonyl (C=O) groups is 1. The van der Waals surface area contributed by atoms with E-state index in [1.54, 1.807) is 0 Å². The van der Waals surface area contributed by atoms with Crippen LogP contribution in [0.15, 0.2) is 23.3 Å². The van der Waals surface area contributed by atoms with Crippen LogP contribution in [0.1, 0.15) is 6.42 Å². The number of benzene rings is 1. The van der Waals surface area contributed by atoms with Crippen molar-refractivity contribution in [2.45, 2.75) is 6.42 Å². The average Bonchev–Trinajstić information content (AvgIpc) is 2.77. The largest absolute Gasteiger partial charge is 0.508 e. The van der Waals surface area contributed by atoms with E-state index in [-0.39, 0.29) is 48.5 Å². The molecule has 0 radical (unpaired) electrons. The van der Waals surface area contributed by atoms with E-state index in [1.807, 2.05) is 0 Å². The number of rotatable bonds is 4. The van der Waals surface area contributed by atoms with Crippen molar-refractivity contribution in [2.24, 2.45) is 11.0 Å². The Labute approximate surface area is 113 Å². The molecule has 0 aromatic heterocycles. The normalized spacial score (nSPS) is 17.9. The number of anilines is 1. The predicted octanol–water partition coefficient (Wildman–Crippen LogP) is 1.96. The number of amides is 1. The third kappa shape index (κ3) is 2.62. The van der Waals surface area contributed by atoms with Gasteiger partial charge in [-0.2, -0.15) is 0 Å². The van der Waals surface area contributed by atoms with Crippen LogP contribution in [0.25, 0.3) is 10.4 Å². The summed E-state index contributed by atoms with van der Waals surface area (Å²) in [6, 6.07) is 3.63. The minimum atomic E-state index is -0.650. The SMILES string of the molecule is [N-]=[N+]=NCC1CC(=O)N(c2ccc(O)cc2[N+](=O)[O-])C1. The van der Waals surface area contributed by atoms with E-state index in [9.17, 15) is 20.0 Å². The predicted molar refractivity (Wildman–Crippen MR) is 69.2 cm³/mol. The van der Waals surface area contributed by atoms with Crippen molar-refractivity contribution in [1.82, 2.24) is 0 Å². The molecule has 2 rings (SSSR count). The number of nitro groups is 1. The van der Waals surface area contributed by atoms with Gasteiger partial charge in [0.05, 0.1) is 11.0 Å². The standard InChI is InChI=1S/C11H11N5O4/c12-14-13-5-7-3-11(18)15(6-7)9-2-1-8(17)4-10(9)16(19)20/h1-2,4,7,17H,3,5-6H2. The Morgan fingerprint density at radius 2 is 2.35 bits per heavy atom. The van der Waals surface area contributed by atoms with Crippen LogP contribution in [0.2, 0.25) is 0 Å². The Morgan fingerprint density at radius 3 is 3.00 bits per heavy atom. The minimum absolute atomic E-state index is 0.140.